The van der Waals surface area contributed by atoms with Crippen LogP contribution in [0, 0.1) is 5.41 Å². The summed E-state index contributed by atoms with van der Waals surface area (Å²) in [6.45, 7) is 4.87. The molecule has 0 unspecified atom stereocenters. The first kappa shape index (κ1) is 28.9. The van der Waals surface area contributed by atoms with E-state index in [9.17, 15) is 9.59 Å². The first-order valence-electron chi connectivity index (χ1n) is 12.0. The zero-order valence-corrected chi connectivity index (χ0v) is 22.9. The van der Waals surface area contributed by atoms with Crippen molar-refractivity contribution in [2.24, 2.45) is 5.41 Å². The van der Waals surface area contributed by atoms with Gasteiger partial charge in [0.15, 0.2) is 0 Å². The summed E-state index contributed by atoms with van der Waals surface area (Å²) in [5.74, 6) is 4.61. The van der Waals surface area contributed by atoms with Crippen LogP contribution in [0.25, 0.3) is 0 Å². The largest absolute Gasteiger partial charge is 0.497 e. The highest BCUT2D eigenvalue weighted by atomic mass is 32.2. The normalized spacial score (nSPS) is 11.1. The second kappa shape index (κ2) is 15.6. The van der Waals surface area contributed by atoms with Gasteiger partial charge < -0.3 is 20.1 Å². The van der Waals surface area contributed by atoms with E-state index in [2.05, 4.69) is 10.6 Å². The maximum Gasteiger partial charge on any atom is 0.235 e. The van der Waals surface area contributed by atoms with Gasteiger partial charge in [-0.05, 0) is 48.2 Å². The molecule has 2 aromatic rings. The Kier molecular flexibility index (Phi) is 12.9. The predicted molar refractivity (Wildman–Crippen MR) is 147 cm³/mol. The van der Waals surface area contributed by atoms with E-state index >= 15 is 0 Å². The zero-order chi connectivity index (χ0) is 25.5. The lowest BCUT2D eigenvalue weighted by atomic mass is 9.80. The summed E-state index contributed by atoms with van der Waals surface area (Å²) in [5.41, 5.74) is 1.40. The highest BCUT2D eigenvalue weighted by molar-refractivity contribution is 7.98. The molecule has 8 heteroatoms. The van der Waals surface area contributed by atoms with Gasteiger partial charge in [-0.3, -0.25) is 9.59 Å². The smallest absolute Gasteiger partial charge is 0.235 e. The van der Waals surface area contributed by atoms with Crippen molar-refractivity contribution >= 4 is 35.3 Å². The minimum absolute atomic E-state index is 0.184. The Morgan fingerprint density at radius 2 is 1.09 bits per heavy atom. The second-order valence-electron chi connectivity index (χ2n) is 8.10. The molecular weight excluding hydrogens is 480 g/mol. The van der Waals surface area contributed by atoms with Gasteiger partial charge in [0.05, 0.1) is 14.2 Å². The molecule has 0 aliphatic rings. The van der Waals surface area contributed by atoms with E-state index < -0.39 is 5.41 Å². The lowest BCUT2D eigenvalue weighted by Gasteiger charge is -2.29. The monoisotopic (exact) mass is 518 g/mol. The Morgan fingerprint density at radius 3 is 1.40 bits per heavy atom. The number of carbonyl (C=O) groups is 2. The van der Waals surface area contributed by atoms with E-state index in [1.165, 1.54) is 11.1 Å². The number of amides is 2. The number of benzene rings is 2. The van der Waals surface area contributed by atoms with Gasteiger partial charge in [0.25, 0.3) is 0 Å². The van der Waals surface area contributed by atoms with E-state index in [1.807, 2.05) is 62.4 Å². The fourth-order valence-electron chi connectivity index (χ4n) is 3.63. The summed E-state index contributed by atoms with van der Waals surface area (Å²) in [6.07, 6.45) is 0.943. The molecule has 0 aromatic heterocycles. The molecule has 0 aliphatic carbocycles. The highest BCUT2D eigenvalue weighted by Crippen LogP contribution is 2.27. The minimum atomic E-state index is -1.03. The first-order chi connectivity index (χ1) is 17.0. The van der Waals surface area contributed by atoms with Crippen LogP contribution in [0.15, 0.2) is 48.5 Å². The van der Waals surface area contributed by atoms with E-state index in [1.54, 1.807) is 37.7 Å². The van der Waals surface area contributed by atoms with Gasteiger partial charge in [0.2, 0.25) is 11.8 Å². The summed E-state index contributed by atoms with van der Waals surface area (Å²) in [4.78, 5) is 26.0. The van der Waals surface area contributed by atoms with E-state index in [4.69, 9.17) is 9.47 Å². The van der Waals surface area contributed by atoms with Crippen LogP contribution in [0.2, 0.25) is 0 Å². The second-order valence-corrected chi connectivity index (χ2v) is 10.3. The molecule has 192 valence electrons. The van der Waals surface area contributed by atoms with Gasteiger partial charge in [-0.1, -0.05) is 38.1 Å². The van der Waals surface area contributed by atoms with Crippen LogP contribution < -0.4 is 20.1 Å². The molecule has 2 N–H and O–H groups in total. The maximum atomic E-state index is 13.0. The topological polar surface area (TPSA) is 76.7 Å². The number of rotatable bonds is 16. The molecular formula is C27H38N2O4S2. The fraction of sp³-hybridized carbons (Fsp3) is 0.481. The van der Waals surface area contributed by atoms with Crippen LogP contribution in [0.4, 0.5) is 0 Å². The van der Waals surface area contributed by atoms with E-state index in [-0.39, 0.29) is 11.8 Å². The molecule has 6 nitrogen and oxygen atoms in total. The Labute approximate surface area is 218 Å². The first-order valence-corrected chi connectivity index (χ1v) is 14.3. The third kappa shape index (κ3) is 9.00. The minimum Gasteiger partial charge on any atom is -0.497 e. The molecule has 35 heavy (non-hydrogen) atoms. The molecule has 0 atom stereocenters. The Hall–Kier alpha value is -2.32. The zero-order valence-electron chi connectivity index (χ0n) is 21.2. The van der Waals surface area contributed by atoms with Gasteiger partial charge >= 0.3 is 0 Å². The number of nitrogens with one attached hydrogen (secondary N) is 2. The van der Waals surface area contributed by atoms with Crippen LogP contribution >= 0.6 is 23.5 Å². The molecule has 0 heterocycles. The molecule has 0 spiro atoms. The lowest BCUT2D eigenvalue weighted by Crippen LogP contribution is -2.51. The molecule has 0 bridgehead atoms. The Morgan fingerprint density at radius 1 is 0.714 bits per heavy atom. The molecule has 2 aromatic carbocycles. The number of ether oxygens (including phenoxy) is 2. The standard InChI is InChI=1S/C27H38N2O4S2/c1-5-27(6-2,25(30)28-15-17-34-19-21-7-11-23(32-3)12-8-21)26(31)29-16-18-35-20-22-9-13-24(33-4)14-10-22/h7-14H,5-6,15-20H2,1-4H3,(H,28,30)(H,29,31). The number of thioether (sulfide) groups is 2. The van der Waals surface area contributed by atoms with Gasteiger partial charge in [0, 0.05) is 36.1 Å². The third-order valence-corrected chi connectivity index (χ3v) is 8.06. The van der Waals surface area contributed by atoms with Gasteiger partial charge in [-0.25, -0.2) is 0 Å². The van der Waals surface area contributed by atoms with Gasteiger partial charge in [0.1, 0.15) is 16.9 Å². The SMILES string of the molecule is CCC(CC)(C(=O)NCCSCc1ccc(OC)cc1)C(=O)NCCSCc1ccc(OC)cc1. The molecule has 2 amide bonds. The predicted octanol–water partition coefficient (Wildman–Crippen LogP) is 4.91. The maximum absolute atomic E-state index is 13.0. The van der Waals surface area contributed by atoms with Gasteiger partial charge in [-0.15, -0.1) is 0 Å². The van der Waals surface area contributed by atoms with Crippen molar-refractivity contribution in [3.05, 3.63) is 59.7 Å². The van der Waals surface area contributed by atoms with Crippen LogP contribution in [-0.2, 0) is 21.1 Å². The quantitative estimate of drug-likeness (QED) is 0.243. The molecule has 0 fully saturated rings. The van der Waals surface area contributed by atoms with Crippen molar-refractivity contribution < 1.29 is 19.1 Å². The van der Waals surface area contributed by atoms with Crippen LogP contribution in [0.5, 0.6) is 11.5 Å². The number of hydrogen-bond donors (Lipinski definition) is 2. The highest BCUT2D eigenvalue weighted by Gasteiger charge is 2.42. The fourth-order valence-corrected chi connectivity index (χ4v) is 5.27. The van der Waals surface area contributed by atoms with Gasteiger partial charge in [-0.2, -0.15) is 23.5 Å². The average molecular weight is 519 g/mol. The van der Waals surface area contributed by atoms with Crippen molar-refractivity contribution in [2.45, 2.75) is 38.2 Å². The average Bonchev–Trinajstić information content (AvgIpc) is 2.90. The Balaban J connectivity index is 1.71. The van der Waals surface area contributed by atoms with E-state index in [0.717, 1.165) is 34.5 Å². The van der Waals surface area contributed by atoms with Crippen LogP contribution in [0.3, 0.4) is 0 Å². The molecule has 0 aliphatic heterocycles. The van der Waals surface area contributed by atoms with Crippen molar-refractivity contribution in [1.82, 2.24) is 10.6 Å². The summed E-state index contributed by atoms with van der Waals surface area (Å²) < 4.78 is 10.4. The van der Waals surface area contributed by atoms with E-state index in [0.29, 0.717) is 25.9 Å². The summed E-state index contributed by atoms with van der Waals surface area (Å²) in [7, 11) is 3.31. The van der Waals surface area contributed by atoms with Crippen molar-refractivity contribution in [1.29, 1.82) is 0 Å². The van der Waals surface area contributed by atoms with Crippen LogP contribution in [0.1, 0.15) is 37.8 Å². The van der Waals surface area contributed by atoms with Crippen molar-refractivity contribution in [2.75, 3.05) is 38.8 Å². The number of carbonyl (C=O) groups excluding carboxylic acids is 2. The van der Waals surface area contributed by atoms with Crippen LogP contribution in [-0.4, -0.2) is 50.6 Å². The summed E-state index contributed by atoms with van der Waals surface area (Å²) in [6, 6.07) is 16.0. The van der Waals surface area contributed by atoms with Crippen molar-refractivity contribution in [3.8, 4) is 11.5 Å². The number of methoxy groups -OCH3 is 2. The molecule has 0 saturated heterocycles. The third-order valence-electron chi connectivity index (χ3n) is 6.00. The number of hydrogen-bond acceptors (Lipinski definition) is 6. The van der Waals surface area contributed by atoms with Crippen molar-refractivity contribution in [3.63, 3.8) is 0 Å². The molecule has 0 saturated carbocycles. The lowest BCUT2D eigenvalue weighted by molar-refractivity contribution is -0.144. The molecule has 2 rings (SSSR count). The molecule has 0 radical (unpaired) electrons. The Bertz CT molecular complexity index is 829. The summed E-state index contributed by atoms with van der Waals surface area (Å²) in [5, 5.41) is 5.97. The summed E-state index contributed by atoms with van der Waals surface area (Å²) >= 11 is 3.50.